The molecule has 0 aliphatic carbocycles. The van der Waals surface area contributed by atoms with Crippen molar-refractivity contribution in [1.29, 1.82) is 0 Å². The van der Waals surface area contributed by atoms with Crippen LogP contribution in [0.4, 0.5) is 5.69 Å². The highest BCUT2D eigenvalue weighted by molar-refractivity contribution is 7.86. The number of carbonyl (C=O) groups excluding carboxylic acids is 1. The fourth-order valence-corrected chi connectivity index (χ4v) is 9.39. The Morgan fingerprint density at radius 2 is 1.65 bits per heavy atom. The lowest BCUT2D eigenvalue weighted by molar-refractivity contribution is -0.305. The van der Waals surface area contributed by atoms with Gasteiger partial charge in [0, 0.05) is 46.8 Å². The van der Waals surface area contributed by atoms with Gasteiger partial charge in [-0.1, -0.05) is 20.3 Å². The lowest BCUT2D eigenvalue weighted by Crippen LogP contribution is -2.39. The number of carboxylic acids is 1. The fourth-order valence-electron chi connectivity index (χ4n) is 7.79. The van der Waals surface area contributed by atoms with E-state index in [1.807, 2.05) is 46.1 Å². The van der Waals surface area contributed by atoms with Crippen LogP contribution in [0.2, 0.25) is 0 Å². The summed E-state index contributed by atoms with van der Waals surface area (Å²) in [6.45, 7) is 11.8. The number of ether oxygens (including phenoxy) is 1. The zero-order valence-corrected chi connectivity index (χ0v) is 30.0. The van der Waals surface area contributed by atoms with E-state index in [1.54, 1.807) is 24.5 Å². The molecule has 2 unspecified atom stereocenters. The predicted octanol–water partition coefficient (Wildman–Crippen LogP) is 3.64. The Bertz CT molecular complexity index is 2240. The highest BCUT2D eigenvalue weighted by Gasteiger charge is 2.42. The zero-order chi connectivity index (χ0) is 35.8. The molecule has 3 aliphatic rings. The first kappa shape index (κ1) is 35.1. The van der Waals surface area contributed by atoms with E-state index in [0.717, 1.165) is 0 Å². The summed E-state index contributed by atoms with van der Waals surface area (Å²) in [7, 11) is -10.0. The van der Waals surface area contributed by atoms with Gasteiger partial charge in [-0.25, -0.2) is 4.98 Å². The first-order chi connectivity index (χ1) is 22.7. The van der Waals surface area contributed by atoms with Crippen LogP contribution >= 0.6 is 0 Å². The van der Waals surface area contributed by atoms with Crippen LogP contribution in [-0.4, -0.2) is 52.5 Å². The largest absolute Gasteiger partial charge is 0.550 e. The molecule has 4 heterocycles. The molecule has 0 radical (unpaired) electrons. The Hall–Kier alpha value is -3.79. The number of unbranched alkanes of at least 4 members (excludes halogenated alkanes) is 2. The molecule has 15 heteroatoms. The molecule has 2 aromatic carbocycles. The molecule has 6 rings (SSSR count). The summed E-state index contributed by atoms with van der Waals surface area (Å²) in [5.74, 6) is -1.72. The van der Waals surface area contributed by atoms with Crippen LogP contribution in [0.3, 0.4) is 0 Å². The number of hydrogen-bond donors (Lipinski definition) is 3. The summed E-state index contributed by atoms with van der Waals surface area (Å²) in [4.78, 5) is 19.2. The normalized spacial score (nSPS) is 20.5. The second-order valence-corrected chi connectivity index (χ2v) is 17.5. The Kier molecular flexibility index (Phi) is 8.53. The average Bonchev–Trinajstić information content (AvgIpc) is 3.39. The van der Waals surface area contributed by atoms with Crippen molar-refractivity contribution in [2.75, 3.05) is 5.32 Å². The van der Waals surface area contributed by atoms with Gasteiger partial charge in [0.2, 0.25) is 0 Å². The standard InChI is InChI=1S/C34H42N4O9S2/c1-18-16-33(3,4)36-26-20(18)14-22-25(32-35-11-13-38(32)12-9-7-8-10-24(39)40)23-15-21-19(2)17-34(5,6)37-27(21)31(49(44,45)46)29(23)47-28(22)30(26)48(41,42)43/h11,13-15,18-19,36H,7-10,12,16-17H2,1-6H3,(H,39,40)(H,41,42,43)(H,44,45,46)/p-1. The van der Waals surface area contributed by atoms with Gasteiger partial charge in [0.15, 0.2) is 21.3 Å². The number of benzene rings is 2. The number of aryl methyl sites for hydroxylation is 1. The zero-order valence-electron chi connectivity index (χ0n) is 28.3. The van der Waals surface area contributed by atoms with Crippen LogP contribution < -0.4 is 25.7 Å². The number of carboxylic acid groups (broad SMARTS) is 1. The number of carbonyl (C=O) groups is 1. The molecule has 0 bridgehead atoms. The van der Waals surface area contributed by atoms with Crippen molar-refractivity contribution in [3.63, 3.8) is 0 Å². The van der Waals surface area contributed by atoms with Gasteiger partial charge in [-0.2, -0.15) is 16.8 Å². The first-order valence-electron chi connectivity index (χ1n) is 16.3. The Labute approximate surface area is 285 Å². The quantitative estimate of drug-likeness (QED) is 0.169. The summed E-state index contributed by atoms with van der Waals surface area (Å²) in [5, 5.41) is 14.5. The first-order valence-corrected chi connectivity index (χ1v) is 19.2. The number of fused-ring (bicyclic) bond motifs is 4. The topological polar surface area (TPSA) is 200 Å². The number of nitrogens with zero attached hydrogens (tertiary/aromatic N) is 3. The third kappa shape index (κ3) is 6.48. The maximum absolute atomic E-state index is 13.3. The van der Waals surface area contributed by atoms with Crippen molar-refractivity contribution in [3.8, 4) is 11.5 Å². The van der Waals surface area contributed by atoms with Crippen LogP contribution in [-0.2, 0) is 31.6 Å². The molecule has 3 N–H and O–H groups in total. The van der Waals surface area contributed by atoms with Crippen molar-refractivity contribution in [2.24, 2.45) is 4.99 Å². The average molecular weight is 714 g/mol. The molecule has 3 aromatic rings. The summed E-state index contributed by atoms with van der Waals surface area (Å²) in [5.41, 5.74) is 0.718. The van der Waals surface area contributed by atoms with Crippen LogP contribution in [0, 0.1) is 0 Å². The minimum atomic E-state index is -5.02. The van der Waals surface area contributed by atoms with Crippen molar-refractivity contribution in [3.05, 3.63) is 57.6 Å². The molecule has 3 aliphatic heterocycles. The third-order valence-electron chi connectivity index (χ3n) is 9.55. The van der Waals surface area contributed by atoms with Crippen molar-refractivity contribution in [2.45, 2.75) is 119 Å². The Balaban J connectivity index is 1.75. The lowest BCUT2D eigenvalue weighted by Gasteiger charge is -2.39. The molecule has 13 nitrogen and oxygen atoms in total. The predicted molar refractivity (Wildman–Crippen MR) is 179 cm³/mol. The number of imidazole rings is 1. The van der Waals surface area contributed by atoms with Crippen LogP contribution in [0.5, 0.6) is 11.5 Å². The summed E-state index contributed by atoms with van der Waals surface area (Å²) in [6.07, 6.45) is 6.07. The van der Waals surface area contributed by atoms with Gasteiger partial charge in [0.1, 0.15) is 5.82 Å². The lowest BCUT2D eigenvalue weighted by atomic mass is 9.80. The van der Waals surface area contributed by atoms with E-state index in [0.29, 0.717) is 61.2 Å². The summed E-state index contributed by atoms with van der Waals surface area (Å²) in [6, 6.07) is 3.57. The molecule has 0 saturated heterocycles. The number of aromatic nitrogens is 2. The van der Waals surface area contributed by atoms with Crippen LogP contribution in [0.1, 0.15) is 114 Å². The van der Waals surface area contributed by atoms with E-state index >= 15 is 0 Å². The molecule has 0 fully saturated rings. The molecule has 264 valence electrons. The number of nitrogens with one attached hydrogen (secondary N) is 1. The van der Waals surface area contributed by atoms with Gasteiger partial charge in [0.25, 0.3) is 20.2 Å². The minimum absolute atomic E-state index is 0.0308. The second-order valence-electron chi connectivity index (χ2n) is 14.8. The van der Waals surface area contributed by atoms with E-state index in [2.05, 4.69) is 10.3 Å². The maximum atomic E-state index is 13.3. The summed E-state index contributed by atoms with van der Waals surface area (Å²) < 4.78 is 83.1. The van der Waals surface area contributed by atoms with Crippen molar-refractivity contribution >= 4 is 37.5 Å². The highest BCUT2D eigenvalue weighted by Crippen LogP contribution is 2.51. The van der Waals surface area contributed by atoms with Gasteiger partial charge in [-0.05, 0) is 94.9 Å². The molecular weight excluding hydrogens is 673 g/mol. The molecule has 0 saturated carbocycles. The van der Waals surface area contributed by atoms with Gasteiger partial charge in [0.05, 0.1) is 16.6 Å². The van der Waals surface area contributed by atoms with E-state index < -0.39 is 47.1 Å². The molecule has 2 atom stereocenters. The van der Waals surface area contributed by atoms with Crippen LogP contribution in [0.25, 0.3) is 5.57 Å². The van der Waals surface area contributed by atoms with Crippen molar-refractivity contribution in [1.82, 2.24) is 9.55 Å². The second kappa shape index (κ2) is 11.9. The number of aliphatic carboxylic acids is 1. The molecular formula is C34H41N4O9S2-. The van der Waals surface area contributed by atoms with E-state index in [4.69, 9.17) is 9.73 Å². The summed E-state index contributed by atoms with van der Waals surface area (Å²) >= 11 is 0. The number of anilines is 1. The third-order valence-corrected chi connectivity index (χ3v) is 11.3. The maximum Gasteiger partial charge on any atom is 0.300 e. The van der Waals surface area contributed by atoms with Crippen LogP contribution in [0.15, 0.2) is 39.3 Å². The number of rotatable bonds is 9. The van der Waals surface area contributed by atoms with E-state index in [9.17, 15) is 35.8 Å². The Morgan fingerprint density at radius 3 is 2.31 bits per heavy atom. The van der Waals surface area contributed by atoms with Gasteiger partial charge in [-0.3, -0.25) is 14.1 Å². The molecule has 0 amide bonds. The van der Waals surface area contributed by atoms with E-state index in [-0.39, 0.29) is 51.6 Å². The van der Waals surface area contributed by atoms with Gasteiger partial charge in [-0.15, -0.1) is 0 Å². The Morgan fingerprint density at radius 1 is 0.980 bits per heavy atom. The SMILES string of the molecule is CC1CC(C)(C)Nc2c1cc1c(c2S(=O)(=O)O)Oc2c(S(=O)(=O)O)c3c(cc2=C1c1nccn1CCCCCC(=O)[O-])C(C)CC(C)(C)N=3. The smallest absolute Gasteiger partial charge is 0.300 e. The highest BCUT2D eigenvalue weighted by atomic mass is 32.2. The number of hydrogen-bond acceptors (Lipinski definition) is 10. The van der Waals surface area contributed by atoms with Gasteiger partial charge >= 0.3 is 0 Å². The molecule has 0 spiro atoms. The minimum Gasteiger partial charge on any atom is -0.550 e. The fraction of sp³-hybridized carbons (Fsp3) is 0.500. The molecule has 49 heavy (non-hydrogen) atoms. The monoisotopic (exact) mass is 713 g/mol. The van der Waals surface area contributed by atoms with Crippen molar-refractivity contribution < 1.29 is 40.6 Å². The van der Waals surface area contributed by atoms with Gasteiger partial charge < -0.3 is 24.5 Å². The molecule has 1 aromatic heterocycles. The van der Waals surface area contributed by atoms with E-state index in [1.165, 1.54) is 0 Å².